The average Bonchev–Trinajstić information content (AvgIpc) is 3.39. The summed E-state index contributed by atoms with van der Waals surface area (Å²) in [4.78, 5) is 0. The van der Waals surface area contributed by atoms with Gasteiger partial charge in [-0.25, -0.2) is 0 Å². The highest BCUT2D eigenvalue weighted by molar-refractivity contribution is 5.71. The van der Waals surface area contributed by atoms with Gasteiger partial charge in [0.25, 0.3) is 0 Å². The number of fused-ring (bicyclic) bond motifs is 6. The van der Waals surface area contributed by atoms with E-state index in [1.807, 2.05) is 0 Å². The van der Waals surface area contributed by atoms with Crippen molar-refractivity contribution < 1.29 is 9.13 Å². The second kappa shape index (κ2) is 11.7. The number of hydrogen-bond donors (Lipinski definition) is 0. The Kier molecular flexibility index (Phi) is 7.72. The summed E-state index contributed by atoms with van der Waals surface area (Å²) in [6, 6.07) is 37.1. The maximum Gasteiger partial charge on any atom is 0.213 e. The summed E-state index contributed by atoms with van der Waals surface area (Å²) in [7, 11) is 0. The Balaban J connectivity index is 1.36. The molecule has 0 saturated carbocycles. The lowest BCUT2D eigenvalue weighted by molar-refractivity contribution is -0.766. The van der Waals surface area contributed by atoms with E-state index in [1.54, 1.807) is 5.56 Å². The molecule has 2 aliphatic heterocycles. The Hall–Kier alpha value is -4.04. The first-order chi connectivity index (χ1) is 22.0. The van der Waals surface area contributed by atoms with Crippen molar-refractivity contribution in [3.63, 3.8) is 0 Å². The molecule has 0 saturated heterocycles. The van der Waals surface area contributed by atoms with E-state index in [9.17, 15) is 0 Å². The SMILES string of the molecule is CCCCc1ccc2c(c1)-c1cccc[n+]1C(C)(CC)C2(CC)CCC1c2ccccc2-c2cc(C)c(-c3ccccc3)c[n+]21. The fraction of sp³-hybridized carbons (Fsp3) is 0.349. The van der Waals surface area contributed by atoms with E-state index < -0.39 is 0 Å². The highest BCUT2D eigenvalue weighted by Gasteiger charge is 2.59. The molecule has 2 nitrogen and oxygen atoms in total. The van der Waals surface area contributed by atoms with Gasteiger partial charge in [-0.05, 0) is 73.1 Å². The Morgan fingerprint density at radius 2 is 1.51 bits per heavy atom. The molecular weight excluding hydrogens is 544 g/mol. The average molecular weight is 593 g/mol. The summed E-state index contributed by atoms with van der Waals surface area (Å²) in [5.74, 6) is 0. The molecule has 0 N–H and O–H groups in total. The highest BCUT2D eigenvalue weighted by Crippen LogP contribution is 2.53. The minimum atomic E-state index is -0.0373. The number of benzene rings is 3. The summed E-state index contributed by atoms with van der Waals surface area (Å²) in [6.45, 7) is 11.9. The zero-order valence-electron chi connectivity index (χ0n) is 27.8. The van der Waals surface area contributed by atoms with Crippen molar-refractivity contribution >= 4 is 0 Å². The van der Waals surface area contributed by atoms with Crippen LogP contribution in [0.2, 0.25) is 0 Å². The summed E-state index contributed by atoms with van der Waals surface area (Å²) in [5.41, 5.74) is 13.9. The van der Waals surface area contributed by atoms with E-state index in [1.165, 1.54) is 63.2 Å². The van der Waals surface area contributed by atoms with Gasteiger partial charge in [0.2, 0.25) is 11.4 Å². The van der Waals surface area contributed by atoms with E-state index in [-0.39, 0.29) is 11.0 Å². The van der Waals surface area contributed by atoms with Gasteiger partial charge in [0, 0.05) is 49.1 Å². The number of unbranched alkanes of at least 4 members (excludes halogenated alkanes) is 1. The number of pyridine rings is 2. The van der Waals surface area contributed by atoms with Crippen molar-refractivity contribution in [2.45, 2.75) is 96.6 Å². The quantitative estimate of drug-likeness (QED) is 0.151. The lowest BCUT2D eigenvalue weighted by Gasteiger charge is -2.48. The van der Waals surface area contributed by atoms with Gasteiger partial charge in [-0.2, -0.15) is 9.13 Å². The maximum atomic E-state index is 2.64. The standard InChI is InChI=1S/C43H48N2/c1-6-9-17-32-23-24-38-36(29-32)40-22-15-16-27-45(40)42(5,7-2)43(38,8-3)26-25-39-34-20-13-14-21-35(34)41-28-31(4)37(30-44(39)41)33-18-11-10-12-19-33/h10-16,18-24,27-30,39H,6-9,17,25-26H2,1-5H3/q+2. The molecule has 5 aromatic rings. The van der Waals surface area contributed by atoms with Gasteiger partial charge in [0.15, 0.2) is 24.0 Å². The molecule has 4 heterocycles. The molecule has 2 aliphatic rings. The molecule has 2 aromatic heterocycles. The van der Waals surface area contributed by atoms with Crippen LogP contribution in [0.4, 0.5) is 0 Å². The van der Waals surface area contributed by atoms with Crippen molar-refractivity contribution in [2.75, 3.05) is 0 Å². The first kappa shape index (κ1) is 29.7. The zero-order chi connectivity index (χ0) is 31.2. The van der Waals surface area contributed by atoms with Crippen molar-refractivity contribution in [1.82, 2.24) is 0 Å². The molecule has 45 heavy (non-hydrogen) atoms. The van der Waals surface area contributed by atoms with E-state index in [0.717, 1.165) is 32.1 Å². The molecule has 2 heteroatoms. The zero-order valence-corrected chi connectivity index (χ0v) is 27.8. The number of rotatable bonds is 9. The Morgan fingerprint density at radius 3 is 2.29 bits per heavy atom. The van der Waals surface area contributed by atoms with Crippen molar-refractivity contribution in [2.24, 2.45) is 0 Å². The Morgan fingerprint density at radius 1 is 0.733 bits per heavy atom. The molecule has 3 aromatic carbocycles. The first-order valence-corrected chi connectivity index (χ1v) is 17.3. The molecule has 228 valence electrons. The van der Waals surface area contributed by atoms with Gasteiger partial charge in [-0.15, -0.1) is 0 Å². The molecular formula is C43H48N2+2. The fourth-order valence-corrected chi connectivity index (χ4v) is 8.94. The normalized spacial score (nSPS) is 21.1. The summed E-state index contributed by atoms with van der Waals surface area (Å²) in [6.07, 6.45) is 12.8. The third kappa shape index (κ3) is 4.59. The van der Waals surface area contributed by atoms with Crippen LogP contribution in [0, 0.1) is 6.92 Å². The molecule has 3 atom stereocenters. The molecule has 0 fully saturated rings. The van der Waals surface area contributed by atoms with Crippen LogP contribution in [0.3, 0.4) is 0 Å². The second-order valence-electron chi connectivity index (χ2n) is 13.7. The number of hydrogen-bond acceptors (Lipinski definition) is 0. The van der Waals surface area contributed by atoms with E-state index in [2.05, 4.69) is 153 Å². The highest BCUT2D eigenvalue weighted by atomic mass is 15.1. The molecule has 0 aliphatic carbocycles. The largest absolute Gasteiger partial charge is 0.213 e. The van der Waals surface area contributed by atoms with Crippen molar-refractivity contribution in [1.29, 1.82) is 0 Å². The van der Waals surface area contributed by atoms with Crippen LogP contribution in [-0.4, -0.2) is 0 Å². The van der Waals surface area contributed by atoms with Crippen LogP contribution in [0.15, 0.2) is 109 Å². The lowest BCUT2D eigenvalue weighted by Crippen LogP contribution is -2.68. The Labute approximate surface area is 270 Å². The van der Waals surface area contributed by atoms with Gasteiger partial charge >= 0.3 is 0 Å². The second-order valence-corrected chi connectivity index (χ2v) is 13.7. The lowest BCUT2D eigenvalue weighted by atomic mass is 9.57. The van der Waals surface area contributed by atoms with Gasteiger partial charge in [0.05, 0.1) is 16.5 Å². The molecule has 7 rings (SSSR count). The molecule has 0 amide bonds. The van der Waals surface area contributed by atoms with Crippen LogP contribution in [0.5, 0.6) is 0 Å². The number of aryl methyl sites for hydroxylation is 2. The van der Waals surface area contributed by atoms with Gasteiger partial charge < -0.3 is 0 Å². The minimum Gasteiger partial charge on any atom is -0.192 e. The fourth-order valence-electron chi connectivity index (χ4n) is 8.94. The van der Waals surface area contributed by atoms with Crippen molar-refractivity contribution in [3.8, 4) is 33.6 Å². The van der Waals surface area contributed by atoms with Crippen LogP contribution >= 0.6 is 0 Å². The first-order valence-electron chi connectivity index (χ1n) is 17.3. The van der Waals surface area contributed by atoms with Crippen LogP contribution in [-0.2, 0) is 17.4 Å². The monoisotopic (exact) mass is 592 g/mol. The summed E-state index contributed by atoms with van der Waals surface area (Å²) in [5, 5.41) is 0. The summed E-state index contributed by atoms with van der Waals surface area (Å²) >= 11 is 0. The van der Waals surface area contributed by atoms with Crippen LogP contribution in [0.25, 0.3) is 33.6 Å². The van der Waals surface area contributed by atoms with Gasteiger partial charge in [-0.3, -0.25) is 0 Å². The van der Waals surface area contributed by atoms with Crippen LogP contribution in [0.1, 0.15) is 94.5 Å². The topological polar surface area (TPSA) is 7.76 Å². The maximum absolute atomic E-state index is 2.64. The smallest absolute Gasteiger partial charge is 0.192 e. The minimum absolute atomic E-state index is 0.00457. The third-order valence-corrected chi connectivity index (χ3v) is 11.6. The van der Waals surface area contributed by atoms with Crippen molar-refractivity contribution in [3.05, 3.63) is 132 Å². The number of nitrogens with zero attached hydrogens (tertiary/aromatic N) is 2. The molecule has 0 radical (unpaired) electrons. The predicted molar refractivity (Wildman–Crippen MR) is 186 cm³/mol. The van der Waals surface area contributed by atoms with E-state index >= 15 is 0 Å². The molecule has 3 unspecified atom stereocenters. The number of aromatic nitrogens is 2. The molecule has 0 spiro atoms. The van der Waals surface area contributed by atoms with E-state index in [4.69, 9.17) is 0 Å². The van der Waals surface area contributed by atoms with Gasteiger partial charge in [0.1, 0.15) is 0 Å². The summed E-state index contributed by atoms with van der Waals surface area (Å²) < 4.78 is 5.24. The Bertz CT molecular complexity index is 1850. The molecule has 0 bridgehead atoms. The van der Waals surface area contributed by atoms with E-state index in [0.29, 0.717) is 6.04 Å². The third-order valence-electron chi connectivity index (χ3n) is 11.6. The van der Waals surface area contributed by atoms with Crippen LogP contribution < -0.4 is 9.13 Å². The van der Waals surface area contributed by atoms with Gasteiger partial charge in [-0.1, -0.05) is 87.9 Å². The predicted octanol–water partition coefficient (Wildman–Crippen LogP) is 10.1.